The van der Waals surface area contributed by atoms with E-state index in [1.807, 2.05) is 25.5 Å². The lowest BCUT2D eigenvalue weighted by atomic mass is 9.87. The van der Waals surface area contributed by atoms with Gasteiger partial charge in [0, 0.05) is 44.7 Å². The van der Waals surface area contributed by atoms with Crippen LogP contribution >= 0.6 is 0 Å². The molecule has 0 saturated heterocycles. The molecule has 2 rings (SSSR count). The topological polar surface area (TPSA) is 53.2 Å². The average molecular weight is 248 g/mol. The summed E-state index contributed by atoms with van der Waals surface area (Å²) < 4.78 is 0. The van der Waals surface area contributed by atoms with Gasteiger partial charge >= 0.3 is 0 Å². The Morgan fingerprint density at radius 2 is 2.17 bits per heavy atom. The van der Waals surface area contributed by atoms with E-state index in [1.54, 1.807) is 4.90 Å². The number of Topliss-reactive ketones (excluding diaryl/α,β-unsaturated/α-hetero) is 1. The first-order chi connectivity index (χ1) is 8.66. The fourth-order valence-corrected chi connectivity index (χ4v) is 2.42. The monoisotopic (exact) mass is 248 g/mol. The van der Waals surface area contributed by atoms with Gasteiger partial charge in [-0.1, -0.05) is 0 Å². The Balaban J connectivity index is 1.79. The van der Waals surface area contributed by atoms with Gasteiger partial charge in [0.2, 0.25) is 5.91 Å². The first kappa shape index (κ1) is 12.9. The molecule has 1 aliphatic rings. The summed E-state index contributed by atoms with van der Waals surface area (Å²) in [4.78, 5) is 28.1. The molecule has 4 nitrogen and oxygen atoms in total. The molecule has 0 bridgehead atoms. The highest BCUT2D eigenvalue weighted by Gasteiger charge is 2.26. The van der Waals surface area contributed by atoms with Gasteiger partial charge in [-0.05, 0) is 30.9 Å². The van der Waals surface area contributed by atoms with Crippen LogP contribution in [0.5, 0.6) is 0 Å². The molecule has 18 heavy (non-hydrogen) atoms. The Morgan fingerprint density at radius 1 is 1.44 bits per heavy atom. The fraction of sp³-hybridized carbons (Fsp3) is 0.571. The van der Waals surface area contributed by atoms with Crippen LogP contribution in [-0.2, 0) is 16.0 Å². The van der Waals surface area contributed by atoms with E-state index in [0.29, 0.717) is 18.6 Å². The molecule has 1 amide bonds. The Morgan fingerprint density at radius 3 is 2.78 bits per heavy atom. The van der Waals surface area contributed by atoms with Gasteiger partial charge < -0.3 is 9.88 Å². The molecule has 4 heteroatoms. The molecule has 0 atom stereocenters. The second kappa shape index (κ2) is 5.85. The number of nitrogens with one attached hydrogen (secondary N) is 1. The molecule has 1 aromatic rings. The number of aromatic nitrogens is 1. The summed E-state index contributed by atoms with van der Waals surface area (Å²) in [5.41, 5.74) is 1.22. The van der Waals surface area contributed by atoms with E-state index in [4.69, 9.17) is 0 Å². The summed E-state index contributed by atoms with van der Waals surface area (Å²) >= 11 is 0. The zero-order valence-electron chi connectivity index (χ0n) is 10.8. The first-order valence-corrected chi connectivity index (χ1v) is 6.55. The maximum Gasteiger partial charge on any atom is 0.225 e. The van der Waals surface area contributed by atoms with Crippen molar-refractivity contribution in [1.29, 1.82) is 0 Å². The number of ketones is 1. The lowest BCUT2D eigenvalue weighted by molar-refractivity contribution is -0.136. The third-order valence-corrected chi connectivity index (χ3v) is 3.67. The van der Waals surface area contributed by atoms with Crippen LogP contribution in [0.3, 0.4) is 0 Å². The van der Waals surface area contributed by atoms with Crippen molar-refractivity contribution >= 4 is 11.7 Å². The van der Waals surface area contributed by atoms with Crippen molar-refractivity contribution in [1.82, 2.24) is 9.88 Å². The summed E-state index contributed by atoms with van der Waals surface area (Å²) in [6, 6.07) is 2.03. The predicted octanol–water partition coefficient (Wildman–Crippen LogP) is 1.77. The quantitative estimate of drug-likeness (QED) is 0.883. The molecular weight excluding hydrogens is 228 g/mol. The molecule has 98 valence electrons. The number of likely N-dealkylation sites (N-methyl/N-ethyl adjacent to an activating group) is 1. The predicted molar refractivity (Wildman–Crippen MR) is 69.1 cm³/mol. The number of carbonyl (C=O) groups is 2. The maximum atomic E-state index is 12.2. The van der Waals surface area contributed by atoms with E-state index in [9.17, 15) is 9.59 Å². The van der Waals surface area contributed by atoms with Crippen LogP contribution in [0.2, 0.25) is 0 Å². The van der Waals surface area contributed by atoms with Crippen LogP contribution in [-0.4, -0.2) is 35.2 Å². The lowest BCUT2D eigenvalue weighted by Crippen LogP contribution is -2.36. The molecular formula is C14H20N2O2. The normalized spacial score (nSPS) is 16.8. The fourth-order valence-electron chi connectivity index (χ4n) is 2.42. The lowest BCUT2D eigenvalue weighted by Gasteiger charge is -2.25. The molecule has 1 aliphatic carbocycles. The number of aromatic amines is 1. The van der Waals surface area contributed by atoms with E-state index >= 15 is 0 Å². The first-order valence-electron chi connectivity index (χ1n) is 6.55. The highest BCUT2D eigenvalue weighted by Crippen LogP contribution is 2.23. The number of rotatable bonds is 4. The molecule has 0 radical (unpaired) electrons. The van der Waals surface area contributed by atoms with Crippen LogP contribution in [0, 0.1) is 5.92 Å². The van der Waals surface area contributed by atoms with Crippen LogP contribution in [0.25, 0.3) is 0 Å². The smallest absolute Gasteiger partial charge is 0.225 e. The zero-order valence-corrected chi connectivity index (χ0v) is 10.8. The third-order valence-electron chi connectivity index (χ3n) is 3.67. The minimum atomic E-state index is 0.0546. The van der Waals surface area contributed by atoms with Crippen LogP contribution in [0.4, 0.5) is 0 Å². The maximum absolute atomic E-state index is 12.2. The summed E-state index contributed by atoms with van der Waals surface area (Å²) in [6.45, 7) is 0.737. The van der Waals surface area contributed by atoms with Crippen molar-refractivity contribution in [2.75, 3.05) is 13.6 Å². The van der Waals surface area contributed by atoms with E-state index in [1.165, 1.54) is 5.56 Å². The number of nitrogens with zero attached hydrogens (tertiary/aromatic N) is 1. The standard InChI is InChI=1S/C14H20N2O2/c1-16(9-7-11-6-8-15-10-11)14(18)12-2-4-13(17)5-3-12/h6,8,10,12,15H,2-5,7,9H2,1H3. The summed E-state index contributed by atoms with van der Waals surface area (Å²) in [6.07, 6.45) is 7.32. The summed E-state index contributed by atoms with van der Waals surface area (Å²) in [5.74, 6) is 0.547. The number of H-pyrrole nitrogens is 1. The minimum Gasteiger partial charge on any atom is -0.367 e. The molecule has 1 fully saturated rings. The van der Waals surface area contributed by atoms with E-state index in [-0.39, 0.29) is 11.8 Å². The molecule has 0 aromatic carbocycles. The molecule has 1 saturated carbocycles. The van der Waals surface area contributed by atoms with Crippen molar-refractivity contribution < 1.29 is 9.59 Å². The largest absolute Gasteiger partial charge is 0.367 e. The van der Waals surface area contributed by atoms with Gasteiger partial charge in [0.1, 0.15) is 5.78 Å². The van der Waals surface area contributed by atoms with Crippen LogP contribution in [0.1, 0.15) is 31.2 Å². The number of hydrogen-bond donors (Lipinski definition) is 1. The zero-order chi connectivity index (χ0) is 13.0. The molecule has 0 unspecified atom stereocenters. The Bertz CT molecular complexity index is 401. The highest BCUT2D eigenvalue weighted by atomic mass is 16.2. The third kappa shape index (κ3) is 3.22. The van der Waals surface area contributed by atoms with Crippen LogP contribution in [0.15, 0.2) is 18.5 Å². The molecule has 1 heterocycles. The second-order valence-electron chi connectivity index (χ2n) is 5.04. The van der Waals surface area contributed by atoms with Crippen molar-refractivity contribution in [2.45, 2.75) is 32.1 Å². The number of carbonyl (C=O) groups excluding carboxylic acids is 2. The van der Waals surface area contributed by atoms with Crippen molar-refractivity contribution in [3.63, 3.8) is 0 Å². The Hall–Kier alpha value is -1.58. The SMILES string of the molecule is CN(CCc1cc[nH]c1)C(=O)C1CCC(=O)CC1. The van der Waals surface area contributed by atoms with Gasteiger partial charge in [-0.15, -0.1) is 0 Å². The van der Waals surface area contributed by atoms with Gasteiger partial charge in [-0.2, -0.15) is 0 Å². The minimum absolute atomic E-state index is 0.0546. The van der Waals surface area contributed by atoms with Gasteiger partial charge in [-0.3, -0.25) is 9.59 Å². The average Bonchev–Trinajstić information content (AvgIpc) is 2.89. The van der Waals surface area contributed by atoms with E-state index in [2.05, 4.69) is 4.98 Å². The molecule has 1 aromatic heterocycles. The second-order valence-corrected chi connectivity index (χ2v) is 5.04. The van der Waals surface area contributed by atoms with Crippen molar-refractivity contribution in [3.05, 3.63) is 24.0 Å². The number of amides is 1. The van der Waals surface area contributed by atoms with Gasteiger partial charge in [0.15, 0.2) is 0 Å². The van der Waals surface area contributed by atoms with Gasteiger partial charge in [0.25, 0.3) is 0 Å². The van der Waals surface area contributed by atoms with Crippen LogP contribution < -0.4 is 0 Å². The van der Waals surface area contributed by atoms with Crippen molar-refractivity contribution in [3.8, 4) is 0 Å². The van der Waals surface area contributed by atoms with E-state index < -0.39 is 0 Å². The van der Waals surface area contributed by atoms with Gasteiger partial charge in [0.05, 0.1) is 0 Å². The van der Waals surface area contributed by atoms with Gasteiger partial charge in [-0.25, -0.2) is 0 Å². The Kier molecular flexibility index (Phi) is 4.18. The molecule has 0 spiro atoms. The Labute approximate surface area is 107 Å². The highest BCUT2D eigenvalue weighted by molar-refractivity contribution is 5.84. The van der Waals surface area contributed by atoms with Crippen molar-refractivity contribution in [2.24, 2.45) is 5.92 Å². The summed E-state index contributed by atoms with van der Waals surface area (Å²) in [7, 11) is 1.85. The molecule has 1 N–H and O–H groups in total. The number of hydrogen-bond acceptors (Lipinski definition) is 2. The van der Waals surface area contributed by atoms with E-state index in [0.717, 1.165) is 25.8 Å². The molecule has 0 aliphatic heterocycles. The summed E-state index contributed by atoms with van der Waals surface area (Å²) in [5, 5.41) is 0.